The zero-order valence-electron chi connectivity index (χ0n) is 29.1. The zero-order chi connectivity index (χ0) is 34.9. The van der Waals surface area contributed by atoms with Gasteiger partial charge < -0.3 is 28.4 Å². The summed E-state index contributed by atoms with van der Waals surface area (Å²) in [7, 11) is 1.63. The average molecular weight is 696 g/mol. The first-order chi connectivity index (χ1) is 23.4. The first-order valence-corrected chi connectivity index (χ1v) is 17.5. The highest BCUT2D eigenvalue weighted by atomic mass is 32.1. The van der Waals surface area contributed by atoms with Crippen LogP contribution in [0.2, 0.25) is 0 Å². The molecule has 0 aliphatic carbocycles. The molecule has 2 fully saturated rings. The molecule has 0 spiro atoms. The molecule has 5 heterocycles. The van der Waals surface area contributed by atoms with Crippen molar-refractivity contribution in [2.45, 2.75) is 103 Å². The fraction of sp³-hybridized carbons (Fsp3) is 0.571. The molecule has 2 saturated heterocycles. The summed E-state index contributed by atoms with van der Waals surface area (Å²) in [5.74, 6) is 0.0423. The van der Waals surface area contributed by atoms with E-state index in [-0.39, 0.29) is 30.9 Å². The van der Waals surface area contributed by atoms with Crippen molar-refractivity contribution in [3.8, 4) is 16.8 Å². The molecular weight excluding hydrogens is 650 g/mol. The second-order valence-corrected chi connectivity index (χ2v) is 15.0. The third-order valence-corrected chi connectivity index (χ3v) is 9.90. The van der Waals surface area contributed by atoms with E-state index < -0.39 is 28.8 Å². The van der Waals surface area contributed by atoms with Crippen LogP contribution in [0.4, 0.5) is 0 Å². The Labute approximate surface area is 289 Å². The Morgan fingerprint density at radius 1 is 1.04 bits per heavy atom. The highest BCUT2D eigenvalue weighted by Crippen LogP contribution is 2.38. The molecule has 4 aromatic rings. The lowest BCUT2D eigenvalue weighted by Crippen LogP contribution is -2.47. The first kappa shape index (κ1) is 35.0. The molecule has 6 rings (SSSR count). The van der Waals surface area contributed by atoms with Crippen LogP contribution in [-0.4, -0.2) is 81.4 Å². The molecule has 0 N–H and O–H groups in total. The predicted octanol–water partition coefficient (Wildman–Crippen LogP) is 5.30. The molecule has 2 aliphatic heterocycles. The fourth-order valence-corrected chi connectivity index (χ4v) is 7.45. The minimum atomic E-state index is -1.49. The second kappa shape index (κ2) is 14.2. The monoisotopic (exact) mass is 695 g/mol. The highest BCUT2D eigenvalue weighted by molar-refractivity contribution is 7.21. The Morgan fingerprint density at radius 2 is 1.73 bits per heavy atom. The quantitative estimate of drug-likeness (QED) is 0.133. The van der Waals surface area contributed by atoms with Gasteiger partial charge in [-0.15, -0.1) is 4.80 Å². The van der Waals surface area contributed by atoms with E-state index in [9.17, 15) is 9.59 Å². The summed E-state index contributed by atoms with van der Waals surface area (Å²) in [4.78, 5) is 35.0. The van der Waals surface area contributed by atoms with Crippen molar-refractivity contribution >= 4 is 27.5 Å². The minimum absolute atomic E-state index is 0.0163. The lowest BCUT2D eigenvalue weighted by Gasteiger charge is -2.33. The molecule has 49 heavy (non-hydrogen) atoms. The van der Waals surface area contributed by atoms with Crippen LogP contribution in [-0.2, 0) is 29.3 Å². The highest BCUT2D eigenvalue weighted by Gasteiger charge is 2.40. The maximum Gasteiger partial charge on any atom is 0.332 e. The third-order valence-electron chi connectivity index (χ3n) is 8.74. The maximum absolute atomic E-state index is 14.5. The Kier molecular flexibility index (Phi) is 10.1. The van der Waals surface area contributed by atoms with Gasteiger partial charge in [-0.05, 0) is 73.3 Å². The maximum atomic E-state index is 14.5. The molecule has 0 unspecified atom stereocenters. The van der Waals surface area contributed by atoms with Crippen LogP contribution in [0, 0.1) is 6.92 Å². The summed E-state index contributed by atoms with van der Waals surface area (Å²) < 4.78 is 37.8. The Bertz CT molecular complexity index is 1820. The molecule has 2 bridgehead atoms. The van der Waals surface area contributed by atoms with Gasteiger partial charge in [-0.1, -0.05) is 29.5 Å². The molecule has 0 radical (unpaired) electrons. The van der Waals surface area contributed by atoms with Gasteiger partial charge in [0.1, 0.15) is 46.0 Å². The number of hydrogen-bond acceptors (Lipinski definition) is 12. The number of para-hydroxylation sites is 1. The zero-order valence-corrected chi connectivity index (χ0v) is 30.0. The number of benzene rings is 1. The lowest BCUT2D eigenvalue weighted by atomic mass is 10.0. The molecule has 0 saturated carbocycles. The van der Waals surface area contributed by atoms with Crippen LogP contribution in [0.1, 0.15) is 77.5 Å². The van der Waals surface area contributed by atoms with E-state index in [4.69, 9.17) is 33.4 Å². The van der Waals surface area contributed by atoms with Gasteiger partial charge in [-0.25, -0.2) is 9.36 Å². The molecule has 14 heteroatoms. The number of aryl methyl sites for hydroxylation is 1. The average Bonchev–Trinajstić information content (AvgIpc) is 3.78. The molecule has 3 aromatic heterocycles. The summed E-state index contributed by atoms with van der Waals surface area (Å²) in [5.41, 5.74) is -1.28. The topological polar surface area (TPSA) is 138 Å². The van der Waals surface area contributed by atoms with E-state index in [1.54, 1.807) is 54.1 Å². The SMILES string of the molecule is COCCOc1ccccc1[C@H](COc1nc2sc(-n3nccn3)c(C)c2c(=O)n1C(C)(C)C(=O)OC(C)(C)C)OC1C[C@H]2CC[C@H](C1)O2. The van der Waals surface area contributed by atoms with Gasteiger partial charge in [0.25, 0.3) is 5.56 Å². The number of nitrogens with zero attached hydrogens (tertiary/aromatic N) is 5. The largest absolute Gasteiger partial charge is 0.491 e. The van der Waals surface area contributed by atoms with Crippen LogP contribution >= 0.6 is 11.3 Å². The molecular formula is C35H45N5O8S. The Morgan fingerprint density at radius 3 is 2.41 bits per heavy atom. The normalized spacial score (nSPS) is 20.0. The molecule has 0 amide bonds. The number of esters is 1. The number of carbonyl (C=O) groups excluding carboxylic acids is 1. The first-order valence-electron chi connectivity index (χ1n) is 16.7. The van der Waals surface area contributed by atoms with Crippen LogP contribution in [0.25, 0.3) is 15.2 Å². The van der Waals surface area contributed by atoms with Gasteiger partial charge in [0.2, 0.25) is 0 Å². The van der Waals surface area contributed by atoms with E-state index in [2.05, 4.69) is 10.2 Å². The summed E-state index contributed by atoms with van der Waals surface area (Å²) in [5, 5.41) is 9.51. The van der Waals surface area contributed by atoms with E-state index in [0.717, 1.165) is 31.2 Å². The van der Waals surface area contributed by atoms with Crippen molar-refractivity contribution in [3.05, 3.63) is 58.1 Å². The van der Waals surface area contributed by atoms with Crippen molar-refractivity contribution in [1.29, 1.82) is 0 Å². The van der Waals surface area contributed by atoms with Gasteiger partial charge >= 0.3 is 12.0 Å². The van der Waals surface area contributed by atoms with Crippen LogP contribution in [0.15, 0.2) is 41.5 Å². The number of methoxy groups -OCH3 is 1. The third kappa shape index (κ3) is 7.52. The van der Waals surface area contributed by atoms with Gasteiger partial charge in [-0.3, -0.25) is 4.79 Å². The van der Waals surface area contributed by atoms with Gasteiger partial charge in [0, 0.05) is 18.2 Å². The number of ether oxygens (including phenoxy) is 6. The Hall–Kier alpha value is -3.85. The Balaban J connectivity index is 1.41. The fourth-order valence-electron chi connectivity index (χ4n) is 6.37. The van der Waals surface area contributed by atoms with Gasteiger partial charge in [-0.2, -0.15) is 15.2 Å². The standard InChI is InChI=1S/C35H45N5O8S/c1-21-28-29(49-31(21)40-36-14-15-37-40)38-33(39(30(28)41)35(5,6)32(42)48-34(2,3)4)45-20-27(47-24-18-22-12-13-23(19-24)46-22)25-10-8-9-11-26(25)44-17-16-43-7/h8-11,14-15,22-24,27H,12-13,16-20H2,1-7H3/t22-,23-,27+/m1/s1. The van der Waals surface area contributed by atoms with E-state index >= 15 is 0 Å². The predicted molar refractivity (Wildman–Crippen MR) is 183 cm³/mol. The van der Waals surface area contributed by atoms with Crippen molar-refractivity contribution < 1.29 is 33.2 Å². The second-order valence-electron chi connectivity index (χ2n) is 14.0. The van der Waals surface area contributed by atoms with E-state index in [1.165, 1.54) is 20.7 Å². The summed E-state index contributed by atoms with van der Waals surface area (Å²) in [6, 6.07) is 7.63. The molecule has 3 atom stereocenters. The van der Waals surface area contributed by atoms with E-state index in [0.29, 0.717) is 39.7 Å². The van der Waals surface area contributed by atoms with Crippen molar-refractivity contribution in [2.24, 2.45) is 0 Å². The van der Waals surface area contributed by atoms with Crippen LogP contribution in [0.3, 0.4) is 0 Å². The van der Waals surface area contributed by atoms with Crippen LogP contribution in [0.5, 0.6) is 11.8 Å². The van der Waals surface area contributed by atoms with Crippen molar-refractivity contribution in [3.63, 3.8) is 0 Å². The number of fused-ring (bicyclic) bond motifs is 3. The minimum Gasteiger partial charge on any atom is -0.491 e. The van der Waals surface area contributed by atoms with E-state index in [1.807, 2.05) is 31.2 Å². The smallest absolute Gasteiger partial charge is 0.332 e. The molecule has 2 aliphatic rings. The summed E-state index contributed by atoms with van der Waals surface area (Å²) in [6.45, 7) is 11.2. The summed E-state index contributed by atoms with van der Waals surface area (Å²) >= 11 is 1.27. The van der Waals surface area contributed by atoms with Crippen LogP contribution < -0.4 is 15.0 Å². The number of carbonyl (C=O) groups is 1. The number of thiophene rings is 1. The van der Waals surface area contributed by atoms with Gasteiger partial charge in [0.05, 0.1) is 42.7 Å². The number of aromatic nitrogens is 5. The lowest BCUT2D eigenvalue weighted by molar-refractivity contribution is -0.164. The molecule has 1 aromatic carbocycles. The summed E-state index contributed by atoms with van der Waals surface area (Å²) in [6.07, 6.45) is 6.41. The number of rotatable bonds is 13. The molecule has 13 nitrogen and oxygen atoms in total. The van der Waals surface area contributed by atoms with Gasteiger partial charge in [0.15, 0.2) is 0 Å². The van der Waals surface area contributed by atoms with Crippen molar-refractivity contribution in [2.75, 3.05) is 26.9 Å². The molecule has 264 valence electrons. The number of hydrogen-bond donors (Lipinski definition) is 0. The van der Waals surface area contributed by atoms with Crippen molar-refractivity contribution in [1.82, 2.24) is 24.5 Å².